The molecule has 0 spiro atoms. The lowest BCUT2D eigenvalue weighted by Crippen LogP contribution is -2.03. The highest BCUT2D eigenvalue weighted by Gasteiger charge is 2.30. The largest absolute Gasteiger partial charge is 0.508 e. The Kier molecular flexibility index (Phi) is 3.99. The number of aromatic hydroxyl groups is 1. The van der Waals surface area contributed by atoms with E-state index in [0.717, 1.165) is 23.5 Å². The smallest absolute Gasteiger partial charge is 0.416 e. The summed E-state index contributed by atoms with van der Waals surface area (Å²) in [6.07, 6.45) is -2.86. The van der Waals surface area contributed by atoms with Crippen LogP contribution >= 0.6 is 11.3 Å². The van der Waals surface area contributed by atoms with Crippen molar-refractivity contribution >= 4 is 33.2 Å². The predicted molar refractivity (Wildman–Crippen MR) is 86.2 cm³/mol. The molecule has 0 aliphatic heterocycles. The topological polar surface area (TPSA) is 56.9 Å². The third kappa shape index (κ3) is 3.24. The molecule has 1 aromatic heterocycles. The Balaban J connectivity index is 2.04. The van der Waals surface area contributed by atoms with E-state index >= 15 is 0 Å². The summed E-state index contributed by atoms with van der Waals surface area (Å²) in [5, 5.41) is 18.9. The first-order chi connectivity index (χ1) is 11.4. The number of nitrogens with zero attached hydrogens (tertiary/aromatic N) is 2. The predicted octanol–water partition coefficient (Wildman–Crippen LogP) is 5.08. The summed E-state index contributed by atoms with van der Waals surface area (Å²) >= 11 is 1.15. The van der Waals surface area contributed by atoms with Gasteiger partial charge in [-0.25, -0.2) is 4.98 Å². The molecular formula is C17H9F3N2OS. The second-order valence-corrected chi connectivity index (χ2v) is 5.99. The van der Waals surface area contributed by atoms with Gasteiger partial charge < -0.3 is 5.11 Å². The van der Waals surface area contributed by atoms with Gasteiger partial charge in [-0.05, 0) is 42.0 Å². The van der Waals surface area contributed by atoms with Crippen LogP contribution in [0.4, 0.5) is 13.2 Å². The molecule has 1 N–H and O–H groups in total. The fourth-order valence-corrected chi connectivity index (χ4v) is 3.01. The van der Waals surface area contributed by atoms with Crippen molar-refractivity contribution in [1.29, 1.82) is 5.26 Å². The molecule has 120 valence electrons. The number of benzene rings is 2. The van der Waals surface area contributed by atoms with Gasteiger partial charge in [-0.2, -0.15) is 18.4 Å². The van der Waals surface area contributed by atoms with Crippen LogP contribution in [0.3, 0.4) is 0 Å². The van der Waals surface area contributed by atoms with Gasteiger partial charge in [0.2, 0.25) is 0 Å². The van der Waals surface area contributed by atoms with Gasteiger partial charge in [-0.1, -0.05) is 12.1 Å². The summed E-state index contributed by atoms with van der Waals surface area (Å²) in [6, 6.07) is 11.6. The quantitative estimate of drug-likeness (QED) is 0.658. The summed E-state index contributed by atoms with van der Waals surface area (Å²) in [5.74, 6) is 0.102. The lowest BCUT2D eigenvalue weighted by Gasteiger charge is -2.04. The molecule has 24 heavy (non-hydrogen) atoms. The zero-order valence-corrected chi connectivity index (χ0v) is 12.8. The molecule has 0 saturated heterocycles. The molecule has 0 atom stereocenters. The minimum atomic E-state index is -4.43. The average molecular weight is 346 g/mol. The lowest BCUT2D eigenvalue weighted by atomic mass is 10.1. The number of allylic oxidation sites excluding steroid dienone is 1. The molecule has 2 aromatic carbocycles. The summed E-state index contributed by atoms with van der Waals surface area (Å²) in [6.45, 7) is 0. The number of phenolic OH excluding ortho intramolecular Hbond substituents is 1. The van der Waals surface area contributed by atoms with Gasteiger partial charge in [-0.15, -0.1) is 11.3 Å². The van der Waals surface area contributed by atoms with Crippen LogP contribution in [0.1, 0.15) is 16.1 Å². The molecule has 0 amide bonds. The van der Waals surface area contributed by atoms with Gasteiger partial charge in [0.05, 0.1) is 21.4 Å². The van der Waals surface area contributed by atoms with Crippen molar-refractivity contribution in [2.75, 3.05) is 0 Å². The number of rotatable bonds is 2. The first kappa shape index (κ1) is 16.0. The Morgan fingerprint density at radius 3 is 2.50 bits per heavy atom. The van der Waals surface area contributed by atoms with Crippen LogP contribution in [-0.2, 0) is 6.18 Å². The van der Waals surface area contributed by atoms with Gasteiger partial charge in [0, 0.05) is 0 Å². The van der Waals surface area contributed by atoms with Gasteiger partial charge in [-0.3, -0.25) is 0 Å². The van der Waals surface area contributed by atoms with Crippen molar-refractivity contribution in [2.24, 2.45) is 0 Å². The lowest BCUT2D eigenvalue weighted by molar-refractivity contribution is -0.137. The second kappa shape index (κ2) is 5.98. The number of phenols is 1. The Bertz CT molecular complexity index is 966. The molecule has 1 heterocycles. The first-order valence-corrected chi connectivity index (χ1v) is 7.57. The number of aromatic nitrogens is 1. The van der Waals surface area contributed by atoms with Gasteiger partial charge >= 0.3 is 6.18 Å². The number of alkyl halides is 3. The van der Waals surface area contributed by atoms with Crippen molar-refractivity contribution in [3.63, 3.8) is 0 Å². The van der Waals surface area contributed by atoms with E-state index in [1.54, 1.807) is 18.2 Å². The number of fused-ring (bicyclic) bond motifs is 1. The molecule has 0 unspecified atom stereocenters. The highest BCUT2D eigenvalue weighted by Crippen LogP contribution is 2.34. The standard InChI is InChI=1S/C17H9F3N2OS/c18-17(19,20)12-3-6-15-14(8-12)22-16(24-15)11(9-21)7-10-1-4-13(23)5-2-10/h1-8,23H. The molecular weight excluding hydrogens is 337 g/mol. The third-order valence-corrected chi connectivity index (χ3v) is 4.34. The van der Waals surface area contributed by atoms with E-state index in [1.165, 1.54) is 18.2 Å². The van der Waals surface area contributed by atoms with E-state index in [-0.39, 0.29) is 16.8 Å². The Morgan fingerprint density at radius 2 is 1.88 bits per heavy atom. The molecule has 7 heteroatoms. The molecule has 0 radical (unpaired) electrons. The highest BCUT2D eigenvalue weighted by atomic mass is 32.1. The number of nitriles is 1. The van der Waals surface area contributed by atoms with E-state index in [1.807, 2.05) is 6.07 Å². The maximum absolute atomic E-state index is 12.8. The van der Waals surface area contributed by atoms with Gasteiger partial charge in [0.25, 0.3) is 0 Å². The van der Waals surface area contributed by atoms with Crippen LogP contribution < -0.4 is 0 Å². The van der Waals surface area contributed by atoms with Crippen molar-refractivity contribution in [2.45, 2.75) is 6.18 Å². The summed E-state index contributed by atoms with van der Waals surface area (Å²) in [5.41, 5.74) is 0.361. The number of thiazole rings is 1. The zero-order valence-electron chi connectivity index (χ0n) is 12.0. The van der Waals surface area contributed by atoms with Crippen LogP contribution in [-0.4, -0.2) is 10.1 Å². The van der Waals surface area contributed by atoms with Crippen molar-refractivity contribution in [3.05, 3.63) is 58.6 Å². The van der Waals surface area contributed by atoms with E-state index in [9.17, 15) is 23.5 Å². The summed E-state index contributed by atoms with van der Waals surface area (Å²) in [7, 11) is 0. The van der Waals surface area contributed by atoms with Crippen LogP contribution in [0.2, 0.25) is 0 Å². The first-order valence-electron chi connectivity index (χ1n) is 6.76. The minimum Gasteiger partial charge on any atom is -0.508 e. The maximum Gasteiger partial charge on any atom is 0.416 e. The Hall–Kier alpha value is -2.85. The molecule has 3 nitrogen and oxygen atoms in total. The Morgan fingerprint density at radius 1 is 1.17 bits per heavy atom. The number of halogens is 3. The van der Waals surface area contributed by atoms with E-state index < -0.39 is 11.7 Å². The van der Waals surface area contributed by atoms with Crippen molar-refractivity contribution in [3.8, 4) is 11.8 Å². The van der Waals surface area contributed by atoms with E-state index in [2.05, 4.69) is 4.98 Å². The molecule has 0 fully saturated rings. The summed E-state index contributed by atoms with van der Waals surface area (Å²) < 4.78 is 38.9. The van der Waals surface area contributed by atoms with Crippen molar-refractivity contribution in [1.82, 2.24) is 4.98 Å². The highest BCUT2D eigenvalue weighted by molar-refractivity contribution is 7.19. The fraction of sp³-hybridized carbons (Fsp3) is 0.0588. The number of hydrogen-bond donors (Lipinski definition) is 1. The molecule has 3 rings (SSSR count). The van der Waals surface area contributed by atoms with Crippen LogP contribution in [0.25, 0.3) is 21.9 Å². The SMILES string of the molecule is N#CC(=Cc1ccc(O)cc1)c1nc2cc(C(F)(F)F)ccc2s1. The minimum absolute atomic E-state index is 0.102. The molecule has 0 aliphatic carbocycles. The second-order valence-electron chi connectivity index (χ2n) is 4.96. The Labute approximate surface area is 138 Å². The molecule has 0 bridgehead atoms. The van der Waals surface area contributed by atoms with Crippen LogP contribution in [0.15, 0.2) is 42.5 Å². The molecule has 0 aliphatic rings. The van der Waals surface area contributed by atoms with Gasteiger partial charge in [0.1, 0.15) is 16.8 Å². The zero-order chi connectivity index (χ0) is 17.3. The van der Waals surface area contributed by atoms with Crippen LogP contribution in [0.5, 0.6) is 5.75 Å². The monoisotopic (exact) mass is 346 g/mol. The molecule has 3 aromatic rings. The number of hydrogen-bond acceptors (Lipinski definition) is 4. The molecule has 0 saturated carbocycles. The maximum atomic E-state index is 12.8. The van der Waals surface area contributed by atoms with E-state index in [4.69, 9.17) is 0 Å². The summed E-state index contributed by atoms with van der Waals surface area (Å²) in [4.78, 5) is 4.15. The van der Waals surface area contributed by atoms with Crippen LogP contribution in [0, 0.1) is 11.3 Å². The van der Waals surface area contributed by atoms with E-state index in [0.29, 0.717) is 15.3 Å². The normalized spacial score (nSPS) is 12.3. The van der Waals surface area contributed by atoms with Crippen molar-refractivity contribution < 1.29 is 18.3 Å². The third-order valence-electron chi connectivity index (χ3n) is 3.27. The van der Waals surface area contributed by atoms with Gasteiger partial charge in [0.15, 0.2) is 0 Å². The average Bonchev–Trinajstić information content (AvgIpc) is 2.96. The fourth-order valence-electron chi connectivity index (χ4n) is 2.10.